The summed E-state index contributed by atoms with van der Waals surface area (Å²) >= 11 is 0. The summed E-state index contributed by atoms with van der Waals surface area (Å²) in [6, 6.07) is 0. The third-order valence-electron chi connectivity index (χ3n) is 5.40. The van der Waals surface area contributed by atoms with Crippen LogP contribution >= 0.6 is 17.3 Å². The molecule has 1 saturated heterocycles. The summed E-state index contributed by atoms with van der Waals surface area (Å²) in [5.41, 5.74) is 6.63. The summed E-state index contributed by atoms with van der Waals surface area (Å²) in [6.07, 6.45) is -2.25. The van der Waals surface area contributed by atoms with Gasteiger partial charge in [0, 0.05) is 23.7 Å². The van der Waals surface area contributed by atoms with Crippen LogP contribution in [0.1, 0.15) is 13.2 Å². The minimum Gasteiger partial charge on any atom is -0.387 e. The Morgan fingerprint density at radius 2 is 2.14 bits per heavy atom. The number of ether oxygens (including phenoxy) is 3. The molecule has 1 fully saturated rings. The van der Waals surface area contributed by atoms with E-state index in [0.29, 0.717) is 17.9 Å². The molecule has 0 saturated carbocycles. The zero-order chi connectivity index (χ0) is 25.6. The molecule has 15 nitrogen and oxygen atoms in total. The second kappa shape index (κ2) is 12.7. The molecule has 4 N–H and O–H groups in total. The molecule has 3 heterocycles. The number of fused-ring (bicyclic) bond motifs is 1. The van der Waals surface area contributed by atoms with Crippen LogP contribution in [0.5, 0.6) is 0 Å². The number of imidazole rings is 1. The minimum absolute atomic E-state index is 0.189. The fourth-order valence-corrected chi connectivity index (χ4v) is 4.94. The van der Waals surface area contributed by atoms with Crippen LogP contribution in [0.2, 0.25) is 0 Å². The number of hydrogen-bond acceptors (Lipinski definition) is 14. The Bertz CT molecular complexity index is 1000. The van der Waals surface area contributed by atoms with Gasteiger partial charge in [-0.05, 0) is 14.0 Å². The summed E-state index contributed by atoms with van der Waals surface area (Å²) < 4.78 is 52.8. The molecule has 2 aromatic heterocycles. The van der Waals surface area contributed by atoms with E-state index >= 15 is 0 Å². The van der Waals surface area contributed by atoms with Gasteiger partial charge in [0.25, 0.3) is 0 Å². The lowest BCUT2D eigenvalue weighted by Gasteiger charge is -2.26. The van der Waals surface area contributed by atoms with Crippen molar-refractivity contribution in [1.82, 2.24) is 24.8 Å². The molecular weight excluding hydrogens is 506 g/mol. The number of aromatic nitrogens is 4. The van der Waals surface area contributed by atoms with E-state index in [1.54, 1.807) is 18.5 Å². The van der Waals surface area contributed by atoms with Crippen molar-refractivity contribution in [1.29, 1.82) is 0 Å². The van der Waals surface area contributed by atoms with Gasteiger partial charge in [-0.15, -0.1) is 0 Å². The molecule has 0 aromatic carbocycles. The number of rotatable bonds is 14. The van der Waals surface area contributed by atoms with Crippen LogP contribution in [0.15, 0.2) is 12.7 Å². The highest BCUT2D eigenvalue weighted by atomic mass is 31.2. The van der Waals surface area contributed by atoms with E-state index < -0.39 is 44.6 Å². The summed E-state index contributed by atoms with van der Waals surface area (Å²) in [5, 5.41) is 13.6. The zero-order valence-electron chi connectivity index (χ0n) is 19.8. The number of nitrogens with two attached hydrogens (primary N) is 1. The van der Waals surface area contributed by atoms with Gasteiger partial charge in [-0.25, -0.2) is 19.5 Å². The number of nitrogen functional groups attached to an aromatic ring is 1. The molecular formula is C18H32N6O9P2. The Hall–Kier alpha value is -1.35. The van der Waals surface area contributed by atoms with Crippen molar-refractivity contribution in [2.24, 2.45) is 0 Å². The molecule has 0 radical (unpaired) electrons. The maximum absolute atomic E-state index is 13.1. The Morgan fingerprint density at radius 1 is 1.37 bits per heavy atom. The summed E-state index contributed by atoms with van der Waals surface area (Å²) in [7, 11) is 2.47. The number of aliphatic hydroxyl groups excluding tert-OH is 1. The first-order valence-electron chi connectivity index (χ1n) is 10.6. The third-order valence-corrected chi connectivity index (χ3v) is 7.22. The van der Waals surface area contributed by atoms with Crippen molar-refractivity contribution < 1.29 is 42.0 Å². The van der Waals surface area contributed by atoms with Crippen LogP contribution in [-0.4, -0.2) is 96.4 Å². The van der Waals surface area contributed by atoms with Gasteiger partial charge in [0.15, 0.2) is 17.7 Å². The average Bonchev–Trinajstić information content (AvgIpc) is 3.41. The number of anilines is 1. The Morgan fingerprint density at radius 3 is 2.80 bits per heavy atom. The number of aliphatic hydroxyl groups is 1. The van der Waals surface area contributed by atoms with Gasteiger partial charge in [0.2, 0.25) is 0 Å². The topological polar surface area (TPSA) is 184 Å². The maximum Gasteiger partial charge on any atom is 0.474 e. The van der Waals surface area contributed by atoms with Gasteiger partial charge in [0.05, 0.1) is 32.4 Å². The monoisotopic (exact) mass is 538 g/mol. The lowest BCUT2D eigenvalue weighted by atomic mass is 10.1. The molecule has 2 aromatic rings. The highest BCUT2D eigenvalue weighted by Crippen LogP contribution is 2.51. The number of phosphoric acid groups is 1. The third kappa shape index (κ3) is 6.51. The highest BCUT2D eigenvalue weighted by molar-refractivity contribution is 7.48. The average molecular weight is 538 g/mol. The first-order chi connectivity index (χ1) is 16.8. The van der Waals surface area contributed by atoms with Gasteiger partial charge in [-0.2, -0.15) is 0 Å². The predicted molar refractivity (Wildman–Crippen MR) is 126 cm³/mol. The molecule has 0 amide bonds. The summed E-state index contributed by atoms with van der Waals surface area (Å²) in [6.45, 7) is 1.83. The fourth-order valence-electron chi connectivity index (χ4n) is 3.52. The lowest BCUT2D eigenvalue weighted by Crippen LogP contribution is -2.35. The molecule has 3 rings (SSSR count). The van der Waals surface area contributed by atoms with E-state index in [0.717, 1.165) is 0 Å². The lowest BCUT2D eigenvalue weighted by molar-refractivity contribution is -0.0683. The van der Waals surface area contributed by atoms with Crippen molar-refractivity contribution in [3.63, 3.8) is 0 Å². The Labute approximate surface area is 204 Å². The van der Waals surface area contributed by atoms with Crippen molar-refractivity contribution in [3.05, 3.63) is 12.7 Å². The number of methoxy groups -OCH3 is 1. The van der Waals surface area contributed by atoms with Gasteiger partial charge >= 0.3 is 7.82 Å². The smallest absolute Gasteiger partial charge is 0.387 e. The minimum atomic E-state index is -4.04. The summed E-state index contributed by atoms with van der Waals surface area (Å²) in [4.78, 5) is 12.3. The van der Waals surface area contributed by atoms with Crippen molar-refractivity contribution in [2.75, 3.05) is 46.9 Å². The van der Waals surface area contributed by atoms with E-state index in [1.165, 1.54) is 26.9 Å². The Balaban J connectivity index is 1.67. The molecule has 0 spiro atoms. The normalized spacial score (nSPS) is 26.1. The molecule has 0 bridgehead atoms. The van der Waals surface area contributed by atoms with Crippen LogP contribution in [-0.2, 0) is 36.9 Å². The second-order valence-electron chi connectivity index (χ2n) is 7.62. The standard InChI is InChI=1S/C18H32N6O9P2/c1-10(11(27-3)5-29-9-20-2)33-35(26,28-4)30-6-12-14(25)15(32-34)18(31-12)24-8-23-13-16(19)21-7-22-17(13)24/h7-8,10-12,14-15,18,20,25H,5-6,9,34H2,1-4H3,(H2,19,21,22)/t10-,11?,12?,14?,15?,18?,35?/m1/s1. The van der Waals surface area contributed by atoms with Crippen molar-refractivity contribution in [2.45, 2.75) is 43.7 Å². The van der Waals surface area contributed by atoms with Gasteiger partial charge in [0.1, 0.15) is 36.3 Å². The largest absolute Gasteiger partial charge is 0.474 e. The van der Waals surface area contributed by atoms with Gasteiger partial charge in [-0.1, -0.05) is 0 Å². The SMILES string of the molecule is CNCOCC(OC)[C@@H](C)OP(=O)(OC)OCC1OC(n2cnc3c(N)ncnc32)C(OP)C1O. The first kappa shape index (κ1) is 28.2. The molecule has 1 aliphatic rings. The van der Waals surface area contributed by atoms with Gasteiger partial charge in [-0.3, -0.25) is 23.5 Å². The Kier molecular flexibility index (Phi) is 10.3. The molecule has 1 aliphatic heterocycles. The molecule has 35 heavy (non-hydrogen) atoms. The summed E-state index contributed by atoms with van der Waals surface area (Å²) in [5.74, 6) is 0.202. The van der Waals surface area contributed by atoms with Crippen molar-refractivity contribution in [3.8, 4) is 0 Å². The molecule has 7 unspecified atom stereocenters. The van der Waals surface area contributed by atoms with E-state index in [1.807, 2.05) is 0 Å². The number of hydrogen-bond donors (Lipinski definition) is 3. The predicted octanol–water partition coefficient (Wildman–Crippen LogP) is 0.227. The van der Waals surface area contributed by atoms with E-state index in [9.17, 15) is 9.67 Å². The fraction of sp³-hybridized carbons (Fsp3) is 0.722. The van der Waals surface area contributed by atoms with Crippen LogP contribution < -0.4 is 11.1 Å². The van der Waals surface area contributed by atoms with Crippen LogP contribution in [0, 0.1) is 0 Å². The van der Waals surface area contributed by atoms with E-state index in [2.05, 4.69) is 29.7 Å². The zero-order valence-corrected chi connectivity index (χ0v) is 21.9. The number of nitrogens with one attached hydrogen (secondary N) is 1. The quantitative estimate of drug-likeness (QED) is 0.169. The van der Waals surface area contributed by atoms with E-state index in [-0.39, 0.29) is 19.0 Å². The maximum atomic E-state index is 13.1. The van der Waals surface area contributed by atoms with Crippen molar-refractivity contribution >= 4 is 34.3 Å². The molecule has 0 aliphatic carbocycles. The van der Waals surface area contributed by atoms with E-state index in [4.69, 9.17) is 38.0 Å². The van der Waals surface area contributed by atoms with Crippen LogP contribution in [0.25, 0.3) is 11.2 Å². The molecule has 198 valence electrons. The van der Waals surface area contributed by atoms with Crippen LogP contribution in [0.4, 0.5) is 5.82 Å². The second-order valence-corrected chi connectivity index (χ2v) is 9.62. The first-order valence-corrected chi connectivity index (χ1v) is 12.6. The van der Waals surface area contributed by atoms with Crippen LogP contribution in [0.3, 0.4) is 0 Å². The molecule has 17 heteroatoms. The number of phosphoric ester groups is 1. The number of nitrogens with zero attached hydrogens (tertiary/aromatic N) is 4. The molecule has 8 atom stereocenters. The van der Waals surface area contributed by atoms with Gasteiger partial charge < -0.3 is 29.6 Å². The highest BCUT2D eigenvalue weighted by Gasteiger charge is 2.47.